The minimum atomic E-state index is -0.236. The number of aromatic nitrogens is 4. The molecule has 2 aliphatic rings. The number of amides is 1. The van der Waals surface area contributed by atoms with E-state index in [9.17, 15) is 9.18 Å². The van der Waals surface area contributed by atoms with Crippen molar-refractivity contribution in [3.8, 4) is 0 Å². The topological polar surface area (TPSA) is 56.0 Å². The van der Waals surface area contributed by atoms with Crippen LogP contribution in [0.25, 0.3) is 11.0 Å². The van der Waals surface area contributed by atoms with Crippen LogP contribution >= 0.6 is 0 Å². The predicted molar refractivity (Wildman–Crippen MR) is 113 cm³/mol. The molecule has 0 unspecified atom stereocenters. The van der Waals surface area contributed by atoms with Gasteiger partial charge in [0.05, 0.1) is 16.7 Å². The second kappa shape index (κ2) is 7.85. The van der Waals surface area contributed by atoms with Gasteiger partial charge in [-0.05, 0) is 50.8 Å². The summed E-state index contributed by atoms with van der Waals surface area (Å²) >= 11 is 0. The number of piperidine rings is 1. The smallest absolute Gasteiger partial charge is 0.224 e. The van der Waals surface area contributed by atoms with Crippen LogP contribution in [0.15, 0.2) is 30.5 Å². The molecule has 2 fully saturated rings. The van der Waals surface area contributed by atoms with Crippen LogP contribution in [0.2, 0.25) is 0 Å². The Morgan fingerprint density at radius 1 is 1.17 bits per heavy atom. The van der Waals surface area contributed by atoms with Crippen LogP contribution in [-0.4, -0.2) is 43.2 Å². The van der Waals surface area contributed by atoms with E-state index in [-0.39, 0.29) is 11.7 Å². The highest BCUT2D eigenvalue weighted by atomic mass is 19.1. The number of rotatable bonds is 5. The molecule has 1 amide bonds. The zero-order valence-corrected chi connectivity index (χ0v) is 17.4. The van der Waals surface area contributed by atoms with E-state index in [1.165, 1.54) is 12.5 Å². The van der Waals surface area contributed by atoms with Gasteiger partial charge in [0.25, 0.3) is 0 Å². The van der Waals surface area contributed by atoms with Crippen molar-refractivity contribution in [1.82, 2.24) is 24.2 Å². The van der Waals surface area contributed by atoms with Gasteiger partial charge in [0, 0.05) is 50.3 Å². The molecule has 0 atom stereocenters. The third-order valence-corrected chi connectivity index (χ3v) is 6.66. The summed E-state index contributed by atoms with van der Waals surface area (Å²) in [6.07, 6.45) is 7.79. The van der Waals surface area contributed by atoms with Crippen LogP contribution in [0.5, 0.6) is 0 Å². The molecule has 158 valence electrons. The Kier molecular flexibility index (Phi) is 5.05. The van der Waals surface area contributed by atoms with Crippen LogP contribution in [0, 0.1) is 12.7 Å². The maximum atomic E-state index is 13.8. The molecule has 2 aromatic heterocycles. The first-order chi connectivity index (χ1) is 14.6. The van der Waals surface area contributed by atoms with Crippen LogP contribution in [0.4, 0.5) is 4.39 Å². The second-order valence-corrected chi connectivity index (χ2v) is 8.68. The molecule has 0 bridgehead atoms. The first-order valence-electron chi connectivity index (χ1n) is 11.0. The first kappa shape index (κ1) is 19.3. The third kappa shape index (κ3) is 3.61. The zero-order valence-electron chi connectivity index (χ0n) is 17.4. The van der Waals surface area contributed by atoms with Gasteiger partial charge in [-0.3, -0.25) is 9.48 Å². The number of aryl methyl sites for hydroxylation is 2. The van der Waals surface area contributed by atoms with Gasteiger partial charge in [0.1, 0.15) is 11.6 Å². The van der Waals surface area contributed by atoms with Crippen molar-refractivity contribution in [2.45, 2.75) is 64.0 Å². The molecule has 0 N–H and O–H groups in total. The summed E-state index contributed by atoms with van der Waals surface area (Å²) in [4.78, 5) is 19.5. The van der Waals surface area contributed by atoms with E-state index in [0.717, 1.165) is 61.3 Å². The highest BCUT2D eigenvalue weighted by Crippen LogP contribution is 2.40. The number of hydrogen-bond acceptors (Lipinski definition) is 3. The molecule has 30 heavy (non-hydrogen) atoms. The lowest BCUT2D eigenvalue weighted by Gasteiger charge is -2.35. The Morgan fingerprint density at radius 2 is 1.97 bits per heavy atom. The molecular weight excluding hydrogens is 381 g/mol. The fourth-order valence-corrected chi connectivity index (χ4v) is 4.76. The molecular formula is C23H28FN5O. The lowest BCUT2D eigenvalue weighted by molar-refractivity contribution is -0.132. The summed E-state index contributed by atoms with van der Waals surface area (Å²) < 4.78 is 17.9. The zero-order chi connectivity index (χ0) is 20.7. The van der Waals surface area contributed by atoms with Crippen molar-refractivity contribution in [3.05, 3.63) is 47.8 Å². The summed E-state index contributed by atoms with van der Waals surface area (Å²) in [7, 11) is 0. The number of benzene rings is 1. The molecule has 1 aliphatic carbocycles. The number of carbonyl (C=O) groups excluding carboxylic acids is 1. The summed E-state index contributed by atoms with van der Waals surface area (Å²) in [6, 6.07) is 7.21. The summed E-state index contributed by atoms with van der Waals surface area (Å²) in [5, 5.41) is 4.36. The van der Waals surface area contributed by atoms with E-state index in [1.807, 2.05) is 34.8 Å². The molecule has 3 heterocycles. The monoisotopic (exact) mass is 409 g/mol. The Morgan fingerprint density at radius 3 is 2.63 bits per heavy atom. The number of halogens is 1. The largest absolute Gasteiger partial charge is 0.342 e. The van der Waals surface area contributed by atoms with Gasteiger partial charge in [-0.2, -0.15) is 5.10 Å². The quantitative estimate of drug-likeness (QED) is 0.635. The van der Waals surface area contributed by atoms with Gasteiger partial charge in [0.2, 0.25) is 5.91 Å². The van der Waals surface area contributed by atoms with E-state index in [1.54, 1.807) is 6.07 Å². The van der Waals surface area contributed by atoms with Crippen molar-refractivity contribution >= 4 is 16.9 Å². The van der Waals surface area contributed by atoms with Crippen LogP contribution in [0.3, 0.4) is 0 Å². The lowest BCUT2D eigenvalue weighted by atomic mass is 9.84. The average molecular weight is 410 g/mol. The van der Waals surface area contributed by atoms with E-state index >= 15 is 0 Å². The van der Waals surface area contributed by atoms with Gasteiger partial charge in [0.15, 0.2) is 0 Å². The van der Waals surface area contributed by atoms with Crippen molar-refractivity contribution in [2.75, 3.05) is 13.1 Å². The molecule has 1 aromatic carbocycles. The van der Waals surface area contributed by atoms with Gasteiger partial charge in [-0.25, -0.2) is 9.37 Å². The van der Waals surface area contributed by atoms with E-state index in [4.69, 9.17) is 4.98 Å². The Balaban J connectivity index is 1.28. The third-order valence-electron chi connectivity index (χ3n) is 6.66. The molecule has 5 rings (SSSR count). The lowest BCUT2D eigenvalue weighted by Crippen LogP contribution is -2.39. The summed E-state index contributed by atoms with van der Waals surface area (Å²) in [5.41, 5.74) is 2.75. The molecule has 6 nitrogen and oxygen atoms in total. The summed E-state index contributed by atoms with van der Waals surface area (Å²) in [6.45, 7) is 4.09. The minimum Gasteiger partial charge on any atom is -0.342 e. The van der Waals surface area contributed by atoms with Crippen molar-refractivity contribution in [1.29, 1.82) is 0 Å². The average Bonchev–Trinajstić information content (AvgIpc) is 3.27. The highest BCUT2D eigenvalue weighted by molar-refractivity contribution is 5.77. The van der Waals surface area contributed by atoms with Crippen LogP contribution in [-0.2, 0) is 11.3 Å². The molecule has 1 saturated carbocycles. The predicted octanol–water partition coefficient (Wildman–Crippen LogP) is 4.20. The number of fused-ring (bicyclic) bond motifs is 1. The number of nitrogens with zero attached hydrogens (tertiary/aromatic N) is 5. The van der Waals surface area contributed by atoms with E-state index < -0.39 is 0 Å². The number of likely N-dealkylation sites (tertiary alicyclic amines) is 1. The number of imidazole rings is 1. The fourth-order valence-electron chi connectivity index (χ4n) is 4.76. The maximum absolute atomic E-state index is 13.8. The molecule has 1 aliphatic heterocycles. The standard InChI is InChI=1S/C23H28FN5O/c1-16-7-13-28(26-16)14-10-22(30)27-11-8-19(9-12-27)29-21-6-5-18(24)15-20(21)25-23(29)17-3-2-4-17/h5-7,13,15,17,19H,2-4,8-12,14H2,1H3. The van der Waals surface area contributed by atoms with E-state index in [0.29, 0.717) is 24.9 Å². The molecule has 0 radical (unpaired) electrons. The second-order valence-electron chi connectivity index (χ2n) is 8.68. The van der Waals surface area contributed by atoms with Gasteiger partial charge in [-0.15, -0.1) is 0 Å². The Labute approximate surface area is 175 Å². The van der Waals surface area contributed by atoms with Crippen molar-refractivity contribution in [3.63, 3.8) is 0 Å². The Bertz CT molecular complexity index is 1060. The van der Waals surface area contributed by atoms with Gasteiger partial charge >= 0.3 is 0 Å². The number of carbonyl (C=O) groups is 1. The van der Waals surface area contributed by atoms with Gasteiger partial charge in [-0.1, -0.05) is 6.42 Å². The first-order valence-corrected chi connectivity index (χ1v) is 11.0. The normalized spacial score (nSPS) is 18.1. The maximum Gasteiger partial charge on any atom is 0.224 e. The van der Waals surface area contributed by atoms with Gasteiger partial charge < -0.3 is 9.47 Å². The summed E-state index contributed by atoms with van der Waals surface area (Å²) in [5.74, 6) is 1.55. The molecule has 3 aromatic rings. The molecule has 0 spiro atoms. The van der Waals surface area contributed by atoms with Crippen LogP contribution < -0.4 is 0 Å². The minimum absolute atomic E-state index is 0.193. The van der Waals surface area contributed by atoms with Crippen molar-refractivity contribution < 1.29 is 9.18 Å². The molecule has 7 heteroatoms. The highest BCUT2D eigenvalue weighted by Gasteiger charge is 2.31. The fraction of sp³-hybridized carbons (Fsp3) is 0.522. The Hall–Kier alpha value is -2.70. The van der Waals surface area contributed by atoms with Crippen LogP contribution in [0.1, 0.15) is 62.0 Å². The number of hydrogen-bond donors (Lipinski definition) is 0. The van der Waals surface area contributed by atoms with E-state index in [2.05, 4.69) is 9.67 Å². The SMILES string of the molecule is Cc1ccn(CCC(=O)N2CCC(n3c(C4CCC4)nc4cc(F)ccc43)CC2)n1. The molecule has 1 saturated heterocycles. The van der Waals surface area contributed by atoms with Crippen molar-refractivity contribution in [2.24, 2.45) is 0 Å².